The Bertz CT molecular complexity index is 685. The monoisotopic (exact) mass is 362 g/mol. The van der Waals surface area contributed by atoms with E-state index in [9.17, 15) is 4.79 Å². The molecule has 1 heterocycles. The van der Waals surface area contributed by atoms with Crippen molar-refractivity contribution in [2.75, 3.05) is 26.7 Å². The van der Waals surface area contributed by atoms with E-state index in [-0.39, 0.29) is 11.9 Å². The van der Waals surface area contributed by atoms with E-state index in [1.54, 1.807) is 7.11 Å². The number of aryl methyl sites for hydroxylation is 1. The van der Waals surface area contributed by atoms with E-state index in [2.05, 4.69) is 39.7 Å². The van der Waals surface area contributed by atoms with Gasteiger partial charge in [-0.1, -0.05) is 37.4 Å². The maximum atomic E-state index is 12.5. The molecule has 25 heavy (non-hydrogen) atoms. The Labute approximate surface area is 153 Å². The van der Waals surface area contributed by atoms with Crippen molar-refractivity contribution in [1.82, 2.24) is 19.8 Å². The van der Waals surface area contributed by atoms with Crippen LogP contribution < -0.4 is 10.1 Å². The van der Waals surface area contributed by atoms with E-state index in [4.69, 9.17) is 4.74 Å². The molecular formula is C18H26N4O2S. The molecule has 1 atom stereocenters. The summed E-state index contributed by atoms with van der Waals surface area (Å²) in [7, 11) is 1.66. The minimum atomic E-state index is -0.105. The van der Waals surface area contributed by atoms with Crippen LogP contribution in [0.1, 0.15) is 47.7 Å². The first kappa shape index (κ1) is 19.3. The zero-order valence-corrected chi connectivity index (χ0v) is 16.1. The van der Waals surface area contributed by atoms with Gasteiger partial charge >= 0.3 is 0 Å². The van der Waals surface area contributed by atoms with Crippen LogP contribution in [0.15, 0.2) is 24.3 Å². The largest absolute Gasteiger partial charge is 0.497 e. The van der Waals surface area contributed by atoms with Crippen LogP contribution in [0.5, 0.6) is 5.75 Å². The van der Waals surface area contributed by atoms with Gasteiger partial charge < -0.3 is 10.1 Å². The number of benzene rings is 1. The number of hydrogen-bond donors (Lipinski definition) is 1. The summed E-state index contributed by atoms with van der Waals surface area (Å²) in [5.41, 5.74) is 1.88. The zero-order valence-electron chi connectivity index (χ0n) is 15.3. The standard InChI is InChI=1S/C18H26N4O2S/c1-5-15-17(25-21-20-15)18(23)19-12-16(22(6-2)7-3)13-9-8-10-14(11-13)24-4/h8-11,16H,5-7,12H2,1-4H3,(H,19,23). The number of nitrogens with zero attached hydrogens (tertiary/aromatic N) is 3. The van der Waals surface area contributed by atoms with Crippen LogP contribution in [-0.2, 0) is 6.42 Å². The van der Waals surface area contributed by atoms with Gasteiger partial charge in [0.05, 0.1) is 18.8 Å². The summed E-state index contributed by atoms with van der Waals surface area (Å²) in [6, 6.07) is 8.09. The highest BCUT2D eigenvalue weighted by Crippen LogP contribution is 2.24. The summed E-state index contributed by atoms with van der Waals surface area (Å²) in [6.45, 7) is 8.55. The van der Waals surface area contributed by atoms with Crippen molar-refractivity contribution in [1.29, 1.82) is 0 Å². The quantitative estimate of drug-likeness (QED) is 0.743. The van der Waals surface area contributed by atoms with Gasteiger partial charge in [0.2, 0.25) is 0 Å². The average Bonchev–Trinajstić information content (AvgIpc) is 3.13. The Hall–Kier alpha value is -1.99. The molecule has 2 aromatic rings. The summed E-state index contributed by atoms with van der Waals surface area (Å²) in [6.07, 6.45) is 0.703. The second-order valence-corrected chi connectivity index (χ2v) is 6.38. The van der Waals surface area contributed by atoms with Gasteiger partial charge in [-0.25, -0.2) is 0 Å². The molecule has 1 N–H and O–H groups in total. The third-order valence-corrected chi connectivity index (χ3v) is 5.05. The Morgan fingerprint density at radius 3 is 2.72 bits per heavy atom. The number of aromatic nitrogens is 2. The predicted octanol–water partition coefficient (Wildman–Crippen LogP) is 2.92. The molecule has 1 aromatic carbocycles. The fraction of sp³-hybridized carbons (Fsp3) is 0.500. The summed E-state index contributed by atoms with van der Waals surface area (Å²) < 4.78 is 9.24. The molecule has 0 spiro atoms. The molecule has 0 saturated heterocycles. The van der Waals surface area contributed by atoms with Gasteiger partial charge in [0.25, 0.3) is 5.91 Å². The van der Waals surface area contributed by atoms with Crippen LogP contribution in [0.3, 0.4) is 0 Å². The Kier molecular flexibility index (Phi) is 7.33. The van der Waals surface area contributed by atoms with E-state index >= 15 is 0 Å². The molecule has 0 fully saturated rings. The first-order valence-corrected chi connectivity index (χ1v) is 9.39. The van der Waals surface area contributed by atoms with Gasteiger partial charge in [0.15, 0.2) is 0 Å². The lowest BCUT2D eigenvalue weighted by atomic mass is 10.0. The fourth-order valence-electron chi connectivity index (χ4n) is 2.85. The van der Waals surface area contributed by atoms with Crippen molar-refractivity contribution in [2.24, 2.45) is 0 Å². The van der Waals surface area contributed by atoms with Crippen LogP contribution in [0.2, 0.25) is 0 Å². The smallest absolute Gasteiger partial charge is 0.265 e. The normalized spacial score (nSPS) is 12.2. The minimum absolute atomic E-state index is 0.0833. The first-order valence-electron chi connectivity index (χ1n) is 8.61. The van der Waals surface area contributed by atoms with Crippen LogP contribution in [0.4, 0.5) is 0 Å². The molecule has 7 heteroatoms. The molecule has 2 rings (SSSR count). The highest BCUT2D eigenvalue weighted by Gasteiger charge is 2.21. The molecule has 0 aliphatic carbocycles. The number of ether oxygens (including phenoxy) is 1. The molecule has 1 amide bonds. The fourth-order valence-corrected chi connectivity index (χ4v) is 3.52. The Balaban J connectivity index is 2.17. The number of rotatable bonds is 9. The lowest BCUT2D eigenvalue weighted by Gasteiger charge is -2.30. The third kappa shape index (κ3) is 4.76. The highest BCUT2D eigenvalue weighted by molar-refractivity contribution is 7.08. The van der Waals surface area contributed by atoms with Gasteiger partial charge in [0, 0.05) is 6.54 Å². The minimum Gasteiger partial charge on any atom is -0.497 e. The van der Waals surface area contributed by atoms with E-state index in [1.165, 1.54) is 0 Å². The topological polar surface area (TPSA) is 67.3 Å². The molecule has 1 unspecified atom stereocenters. The summed E-state index contributed by atoms with van der Waals surface area (Å²) >= 11 is 1.15. The maximum absolute atomic E-state index is 12.5. The highest BCUT2D eigenvalue weighted by atomic mass is 32.1. The Morgan fingerprint density at radius 2 is 2.08 bits per heavy atom. The molecule has 0 aliphatic rings. The predicted molar refractivity (Wildman–Crippen MR) is 100 cm³/mol. The molecule has 0 aliphatic heterocycles. The third-order valence-electron chi connectivity index (χ3n) is 4.28. The van der Waals surface area contributed by atoms with Crippen molar-refractivity contribution < 1.29 is 9.53 Å². The molecule has 0 bridgehead atoms. The van der Waals surface area contributed by atoms with Gasteiger partial charge in [-0.2, -0.15) is 0 Å². The lowest BCUT2D eigenvalue weighted by molar-refractivity contribution is 0.0938. The second-order valence-electron chi connectivity index (χ2n) is 5.63. The summed E-state index contributed by atoms with van der Waals surface area (Å²) in [4.78, 5) is 15.4. The number of carbonyl (C=O) groups is 1. The number of hydrogen-bond acceptors (Lipinski definition) is 6. The van der Waals surface area contributed by atoms with Crippen molar-refractivity contribution >= 4 is 17.4 Å². The van der Waals surface area contributed by atoms with Crippen molar-refractivity contribution in [3.8, 4) is 5.75 Å². The molecule has 0 saturated carbocycles. The number of methoxy groups -OCH3 is 1. The van der Waals surface area contributed by atoms with E-state index < -0.39 is 0 Å². The average molecular weight is 362 g/mol. The van der Waals surface area contributed by atoms with Crippen molar-refractivity contribution in [3.63, 3.8) is 0 Å². The van der Waals surface area contributed by atoms with Crippen LogP contribution in [0.25, 0.3) is 0 Å². The lowest BCUT2D eigenvalue weighted by Crippen LogP contribution is -2.38. The number of carbonyl (C=O) groups excluding carboxylic acids is 1. The zero-order chi connectivity index (χ0) is 18.2. The van der Waals surface area contributed by atoms with Gasteiger partial charge in [-0.3, -0.25) is 9.69 Å². The van der Waals surface area contributed by atoms with Crippen molar-refractivity contribution in [3.05, 3.63) is 40.4 Å². The Morgan fingerprint density at radius 1 is 1.32 bits per heavy atom. The van der Waals surface area contributed by atoms with Crippen LogP contribution >= 0.6 is 11.5 Å². The van der Waals surface area contributed by atoms with Gasteiger partial charge in [0.1, 0.15) is 10.6 Å². The molecular weight excluding hydrogens is 336 g/mol. The van der Waals surface area contributed by atoms with Gasteiger partial charge in [-0.15, -0.1) is 5.10 Å². The van der Waals surface area contributed by atoms with Crippen molar-refractivity contribution in [2.45, 2.75) is 33.2 Å². The number of nitrogens with one attached hydrogen (secondary N) is 1. The number of likely N-dealkylation sites (N-methyl/N-ethyl adjacent to an activating group) is 1. The maximum Gasteiger partial charge on any atom is 0.265 e. The number of amides is 1. The summed E-state index contributed by atoms with van der Waals surface area (Å²) in [5.74, 6) is 0.716. The molecule has 1 aromatic heterocycles. The SMILES string of the molecule is CCc1nnsc1C(=O)NCC(c1cccc(OC)c1)N(CC)CC. The van der Waals surface area contributed by atoms with Gasteiger partial charge in [-0.05, 0) is 48.7 Å². The van der Waals surface area contributed by atoms with Crippen LogP contribution in [-0.4, -0.2) is 47.1 Å². The van der Waals surface area contributed by atoms with E-state index in [0.29, 0.717) is 17.8 Å². The summed E-state index contributed by atoms with van der Waals surface area (Å²) in [5, 5.41) is 7.07. The van der Waals surface area contributed by atoms with E-state index in [0.717, 1.165) is 41.6 Å². The second kappa shape index (κ2) is 9.48. The molecule has 6 nitrogen and oxygen atoms in total. The first-order chi connectivity index (χ1) is 12.1. The molecule has 136 valence electrons. The van der Waals surface area contributed by atoms with Crippen LogP contribution in [0, 0.1) is 0 Å². The molecule has 0 radical (unpaired) electrons. The van der Waals surface area contributed by atoms with E-state index in [1.807, 2.05) is 25.1 Å².